The first-order valence-corrected chi connectivity index (χ1v) is 5.91. The number of hydrogen-bond acceptors (Lipinski definition) is 3. The minimum absolute atomic E-state index is 0.119. The molecule has 92 valence electrons. The van der Waals surface area contributed by atoms with E-state index in [0.717, 1.165) is 24.3 Å². The molecule has 1 aliphatic heterocycles. The fraction of sp³-hybridized carbons (Fsp3) is 0.231. The zero-order valence-corrected chi connectivity index (χ0v) is 9.74. The topological polar surface area (TPSA) is 60.1 Å². The lowest BCUT2D eigenvalue weighted by atomic mass is 10.0. The molecular weight excluding hydrogens is 230 g/mol. The molecule has 3 rings (SSSR count). The van der Waals surface area contributed by atoms with Crippen molar-refractivity contribution in [3.63, 3.8) is 0 Å². The summed E-state index contributed by atoms with van der Waals surface area (Å²) in [6, 6.07) is 11.1. The van der Waals surface area contributed by atoms with Crippen LogP contribution in [0.3, 0.4) is 0 Å². The highest BCUT2D eigenvalue weighted by molar-refractivity contribution is 5.45. The van der Waals surface area contributed by atoms with E-state index in [0.29, 0.717) is 6.04 Å². The average Bonchev–Trinajstić information content (AvgIpc) is 2.76. The number of hydrogen-bond donors (Lipinski definition) is 1. The highest BCUT2D eigenvalue weighted by Crippen LogP contribution is 2.27. The molecule has 1 atom stereocenters. The molecule has 0 saturated carbocycles. The molecule has 0 bridgehead atoms. The van der Waals surface area contributed by atoms with Crippen molar-refractivity contribution in [1.29, 1.82) is 0 Å². The molecule has 2 aromatic rings. The van der Waals surface area contributed by atoms with Crippen LogP contribution in [0, 0.1) is 10.1 Å². The number of nitro benzene ring substituents is 1. The number of non-ortho nitro benzene ring substituents is 1. The van der Waals surface area contributed by atoms with Gasteiger partial charge in [-0.2, -0.15) is 0 Å². The van der Waals surface area contributed by atoms with Gasteiger partial charge in [-0.25, -0.2) is 0 Å². The fourth-order valence-electron chi connectivity index (χ4n) is 2.21. The monoisotopic (exact) mass is 243 g/mol. The Morgan fingerprint density at radius 2 is 2.17 bits per heavy atom. The first-order chi connectivity index (χ1) is 8.75. The Morgan fingerprint density at radius 3 is 2.83 bits per heavy atom. The lowest BCUT2D eigenvalue weighted by Gasteiger charge is -2.28. The van der Waals surface area contributed by atoms with Crippen LogP contribution in [0.1, 0.15) is 18.2 Å². The summed E-state index contributed by atoms with van der Waals surface area (Å²) in [5.74, 6) is 0. The second-order valence-electron chi connectivity index (χ2n) is 4.38. The maximum absolute atomic E-state index is 10.8. The lowest BCUT2D eigenvalue weighted by Crippen LogP contribution is -2.36. The number of rotatable bonds is 3. The number of nitrogens with one attached hydrogen (secondary N) is 1. The van der Waals surface area contributed by atoms with Gasteiger partial charge in [0, 0.05) is 30.1 Å². The van der Waals surface area contributed by atoms with E-state index >= 15 is 0 Å². The van der Waals surface area contributed by atoms with Gasteiger partial charge in [-0.1, -0.05) is 6.07 Å². The summed E-state index contributed by atoms with van der Waals surface area (Å²) in [6.45, 7) is 1.03. The molecule has 1 aromatic carbocycles. The van der Waals surface area contributed by atoms with Gasteiger partial charge in [0.25, 0.3) is 5.69 Å². The van der Waals surface area contributed by atoms with Crippen LogP contribution < -0.4 is 5.32 Å². The van der Waals surface area contributed by atoms with Crippen molar-refractivity contribution < 1.29 is 4.92 Å². The van der Waals surface area contributed by atoms with Gasteiger partial charge in [0.05, 0.1) is 10.6 Å². The summed E-state index contributed by atoms with van der Waals surface area (Å²) >= 11 is 0. The summed E-state index contributed by atoms with van der Waals surface area (Å²) in [4.78, 5) is 10.4. The molecule has 1 fully saturated rings. The number of benzene rings is 1. The SMILES string of the molecule is O=[N+]([O-])c1cccc(-n2cccc2[C@@H]2CCN2)c1. The van der Waals surface area contributed by atoms with E-state index in [4.69, 9.17) is 0 Å². The second-order valence-corrected chi connectivity index (χ2v) is 4.38. The Morgan fingerprint density at radius 1 is 1.33 bits per heavy atom. The predicted octanol–water partition coefficient (Wildman–Crippen LogP) is 2.42. The maximum atomic E-state index is 10.8. The minimum atomic E-state index is -0.367. The molecule has 5 heteroatoms. The van der Waals surface area contributed by atoms with Gasteiger partial charge < -0.3 is 9.88 Å². The molecule has 1 aromatic heterocycles. The van der Waals surface area contributed by atoms with Crippen LogP contribution in [0.2, 0.25) is 0 Å². The molecule has 5 nitrogen and oxygen atoms in total. The van der Waals surface area contributed by atoms with Crippen LogP contribution in [-0.2, 0) is 0 Å². The summed E-state index contributed by atoms with van der Waals surface area (Å²) in [5, 5.41) is 14.1. The van der Waals surface area contributed by atoms with Gasteiger partial charge >= 0.3 is 0 Å². The van der Waals surface area contributed by atoms with E-state index in [1.54, 1.807) is 12.1 Å². The zero-order valence-electron chi connectivity index (χ0n) is 9.74. The summed E-state index contributed by atoms with van der Waals surface area (Å²) in [6.07, 6.45) is 3.05. The van der Waals surface area contributed by atoms with Crippen LogP contribution in [0.4, 0.5) is 5.69 Å². The highest BCUT2D eigenvalue weighted by Gasteiger charge is 2.22. The third-order valence-electron chi connectivity index (χ3n) is 3.28. The molecule has 18 heavy (non-hydrogen) atoms. The summed E-state index contributed by atoms with van der Waals surface area (Å²) in [5.41, 5.74) is 2.10. The lowest BCUT2D eigenvalue weighted by molar-refractivity contribution is -0.384. The van der Waals surface area contributed by atoms with Crippen molar-refractivity contribution in [3.05, 3.63) is 58.4 Å². The smallest absolute Gasteiger partial charge is 0.271 e. The standard InChI is InChI=1S/C13H13N3O2/c17-16(18)11-4-1-3-10(9-11)15-8-2-5-13(15)12-6-7-14-12/h1-5,8-9,12,14H,6-7H2/t12-/m0/s1. The molecule has 0 spiro atoms. The Kier molecular flexibility index (Phi) is 2.60. The van der Waals surface area contributed by atoms with Crippen LogP contribution in [0.25, 0.3) is 5.69 Å². The van der Waals surface area contributed by atoms with Crippen molar-refractivity contribution in [2.45, 2.75) is 12.5 Å². The molecule has 0 amide bonds. The Labute approximate surface area is 104 Å². The van der Waals surface area contributed by atoms with Crippen LogP contribution >= 0.6 is 0 Å². The molecule has 2 heterocycles. The van der Waals surface area contributed by atoms with E-state index in [9.17, 15) is 10.1 Å². The Balaban J connectivity index is 2.01. The number of nitro groups is 1. The van der Waals surface area contributed by atoms with Gasteiger partial charge in [-0.3, -0.25) is 10.1 Å². The molecule has 0 aliphatic carbocycles. The molecule has 1 N–H and O–H groups in total. The highest BCUT2D eigenvalue weighted by atomic mass is 16.6. The van der Waals surface area contributed by atoms with Gasteiger partial charge in [0.15, 0.2) is 0 Å². The van der Waals surface area contributed by atoms with E-state index in [2.05, 4.69) is 11.4 Å². The largest absolute Gasteiger partial charge is 0.319 e. The van der Waals surface area contributed by atoms with Crippen LogP contribution in [0.15, 0.2) is 42.6 Å². The van der Waals surface area contributed by atoms with Gasteiger partial charge in [0.1, 0.15) is 0 Å². The molecule has 0 radical (unpaired) electrons. The van der Waals surface area contributed by atoms with E-state index in [1.807, 2.05) is 22.9 Å². The van der Waals surface area contributed by atoms with Crippen molar-refractivity contribution >= 4 is 5.69 Å². The normalized spacial score (nSPS) is 18.3. The molecular formula is C13H13N3O2. The third kappa shape index (κ3) is 1.78. The van der Waals surface area contributed by atoms with Gasteiger partial charge in [0.2, 0.25) is 0 Å². The van der Waals surface area contributed by atoms with Crippen molar-refractivity contribution in [1.82, 2.24) is 9.88 Å². The van der Waals surface area contributed by atoms with Crippen molar-refractivity contribution in [2.75, 3.05) is 6.54 Å². The number of aromatic nitrogens is 1. The van der Waals surface area contributed by atoms with E-state index in [1.165, 1.54) is 6.07 Å². The summed E-state index contributed by atoms with van der Waals surface area (Å²) < 4.78 is 2.00. The first-order valence-electron chi connectivity index (χ1n) is 5.91. The molecule has 1 saturated heterocycles. The quantitative estimate of drug-likeness (QED) is 0.665. The van der Waals surface area contributed by atoms with Crippen LogP contribution in [-0.4, -0.2) is 16.0 Å². The Hall–Kier alpha value is -2.14. The second kappa shape index (κ2) is 4.27. The zero-order chi connectivity index (χ0) is 12.5. The predicted molar refractivity (Wildman–Crippen MR) is 67.8 cm³/mol. The van der Waals surface area contributed by atoms with Crippen molar-refractivity contribution in [3.8, 4) is 5.69 Å². The maximum Gasteiger partial charge on any atom is 0.271 e. The van der Waals surface area contributed by atoms with E-state index in [-0.39, 0.29) is 10.6 Å². The fourth-order valence-corrected chi connectivity index (χ4v) is 2.21. The minimum Gasteiger partial charge on any atom is -0.319 e. The molecule has 1 aliphatic rings. The Bertz CT molecular complexity index is 587. The molecule has 0 unspecified atom stereocenters. The number of nitrogens with zero attached hydrogens (tertiary/aromatic N) is 2. The van der Waals surface area contributed by atoms with Crippen molar-refractivity contribution in [2.24, 2.45) is 0 Å². The summed E-state index contributed by atoms with van der Waals surface area (Å²) in [7, 11) is 0. The van der Waals surface area contributed by atoms with Gasteiger partial charge in [-0.15, -0.1) is 0 Å². The van der Waals surface area contributed by atoms with Crippen LogP contribution in [0.5, 0.6) is 0 Å². The average molecular weight is 243 g/mol. The van der Waals surface area contributed by atoms with E-state index < -0.39 is 0 Å². The van der Waals surface area contributed by atoms with Gasteiger partial charge in [-0.05, 0) is 31.2 Å². The first kappa shape index (κ1) is 11.0. The third-order valence-corrected chi connectivity index (χ3v) is 3.28.